The molecule has 2 aliphatic rings. The van der Waals surface area contributed by atoms with E-state index in [4.69, 9.17) is 4.74 Å². The molecule has 2 aromatic rings. The number of benzene rings is 1. The molecular formula is C18H15NO4. The maximum Gasteiger partial charge on any atom is 0.335 e. The molecule has 23 heavy (non-hydrogen) atoms. The number of esters is 1. The molecule has 1 heterocycles. The molecule has 1 aromatic heterocycles. The van der Waals surface area contributed by atoms with Crippen molar-refractivity contribution in [2.24, 2.45) is 0 Å². The van der Waals surface area contributed by atoms with Crippen molar-refractivity contribution in [2.75, 3.05) is 0 Å². The van der Waals surface area contributed by atoms with Crippen LogP contribution in [0.15, 0.2) is 49.1 Å². The summed E-state index contributed by atoms with van der Waals surface area (Å²) in [5.74, 6) is 0.157. The molecule has 0 fully saturated rings. The first-order valence-electron chi connectivity index (χ1n) is 7.39. The molecule has 2 N–H and O–H groups in total. The molecule has 2 atom stereocenters. The Morgan fingerprint density at radius 1 is 1.22 bits per heavy atom. The second-order valence-corrected chi connectivity index (χ2v) is 5.77. The zero-order valence-electron chi connectivity index (χ0n) is 12.3. The Bertz CT molecular complexity index is 827. The lowest BCUT2D eigenvalue weighted by molar-refractivity contribution is -0.128. The molecule has 0 radical (unpaired) electrons. The number of carbonyl (C=O) groups excluding carboxylic acids is 1. The monoisotopic (exact) mass is 309 g/mol. The summed E-state index contributed by atoms with van der Waals surface area (Å²) in [4.78, 5) is 11.3. The minimum Gasteiger partial charge on any atom is -0.494 e. The summed E-state index contributed by atoms with van der Waals surface area (Å²) < 4.78 is 6.48. The topological polar surface area (TPSA) is 71.7 Å². The van der Waals surface area contributed by atoms with Gasteiger partial charge in [-0.05, 0) is 18.6 Å². The molecule has 5 heteroatoms. The first-order valence-corrected chi connectivity index (χ1v) is 7.39. The predicted molar refractivity (Wildman–Crippen MR) is 84.2 cm³/mol. The third-order valence-electron chi connectivity index (χ3n) is 4.48. The van der Waals surface area contributed by atoms with Gasteiger partial charge in [-0.25, -0.2) is 4.79 Å². The van der Waals surface area contributed by atoms with Crippen molar-refractivity contribution < 1.29 is 19.7 Å². The maximum absolute atomic E-state index is 11.3. The number of allylic oxidation sites excluding steroid dienone is 2. The average molecular weight is 309 g/mol. The van der Waals surface area contributed by atoms with Crippen molar-refractivity contribution in [3.8, 4) is 23.2 Å². The van der Waals surface area contributed by atoms with Crippen molar-refractivity contribution in [3.05, 3.63) is 60.2 Å². The average Bonchev–Trinajstić information content (AvgIpc) is 3.21. The van der Waals surface area contributed by atoms with E-state index in [-0.39, 0.29) is 23.6 Å². The fraction of sp³-hybridized carbons (Fsp3) is 0.167. The fourth-order valence-corrected chi connectivity index (χ4v) is 3.53. The van der Waals surface area contributed by atoms with Crippen LogP contribution < -0.4 is 4.74 Å². The fourth-order valence-electron chi connectivity index (χ4n) is 3.53. The molecule has 4 rings (SSSR count). The van der Waals surface area contributed by atoms with Gasteiger partial charge in [0.2, 0.25) is 11.8 Å². The highest BCUT2D eigenvalue weighted by Gasteiger charge is 2.41. The Hall–Kier alpha value is -2.95. The number of hydrogen-bond donors (Lipinski definition) is 2. The Labute approximate surface area is 132 Å². The van der Waals surface area contributed by atoms with Crippen LogP contribution in [0, 0.1) is 0 Å². The minimum atomic E-state index is -0.562. The second kappa shape index (κ2) is 4.78. The van der Waals surface area contributed by atoms with Gasteiger partial charge in [0.05, 0.1) is 5.69 Å². The van der Waals surface area contributed by atoms with E-state index in [2.05, 4.69) is 18.7 Å². The van der Waals surface area contributed by atoms with E-state index in [0.29, 0.717) is 11.4 Å². The molecule has 2 unspecified atom stereocenters. The van der Waals surface area contributed by atoms with Gasteiger partial charge >= 0.3 is 5.97 Å². The largest absolute Gasteiger partial charge is 0.494 e. The highest BCUT2D eigenvalue weighted by atomic mass is 16.5. The van der Waals surface area contributed by atoms with Crippen LogP contribution in [0.5, 0.6) is 17.5 Å². The smallest absolute Gasteiger partial charge is 0.335 e. The molecule has 1 aromatic carbocycles. The third kappa shape index (κ3) is 1.90. The molecule has 0 saturated heterocycles. The van der Waals surface area contributed by atoms with Crippen LogP contribution >= 0.6 is 0 Å². The summed E-state index contributed by atoms with van der Waals surface area (Å²) in [7, 11) is 0. The lowest BCUT2D eigenvalue weighted by atomic mass is 10.0. The van der Waals surface area contributed by atoms with E-state index in [1.165, 1.54) is 4.57 Å². The molecule has 0 spiro atoms. The Kier molecular flexibility index (Phi) is 2.84. The lowest BCUT2D eigenvalue weighted by Crippen LogP contribution is -2.03. The van der Waals surface area contributed by atoms with Crippen LogP contribution in [0.1, 0.15) is 29.4 Å². The summed E-state index contributed by atoms with van der Waals surface area (Å²) in [6, 6.07) is 6.64. The van der Waals surface area contributed by atoms with Crippen molar-refractivity contribution in [2.45, 2.75) is 18.3 Å². The van der Waals surface area contributed by atoms with Gasteiger partial charge in [0, 0.05) is 35.1 Å². The Balaban J connectivity index is 1.80. The minimum absolute atomic E-state index is 0.0431. The number of hydrogen-bond acceptors (Lipinski definition) is 4. The van der Waals surface area contributed by atoms with Gasteiger partial charge in [-0.1, -0.05) is 24.8 Å². The number of aromatic hydroxyl groups is 2. The van der Waals surface area contributed by atoms with Crippen LogP contribution in [0.2, 0.25) is 0 Å². The second-order valence-electron chi connectivity index (χ2n) is 5.77. The number of aromatic nitrogens is 1. The summed E-state index contributed by atoms with van der Waals surface area (Å²) in [6.45, 7) is 3.36. The van der Waals surface area contributed by atoms with Gasteiger partial charge < -0.3 is 14.9 Å². The molecule has 0 saturated carbocycles. The van der Waals surface area contributed by atoms with E-state index in [9.17, 15) is 15.0 Å². The van der Waals surface area contributed by atoms with Gasteiger partial charge in [-0.15, -0.1) is 0 Å². The van der Waals surface area contributed by atoms with Gasteiger partial charge in [0.15, 0.2) is 0 Å². The normalized spacial score (nSPS) is 20.5. The van der Waals surface area contributed by atoms with Gasteiger partial charge in [0.1, 0.15) is 5.75 Å². The van der Waals surface area contributed by atoms with Gasteiger partial charge in [-0.2, -0.15) is 0 Å². The van der Waals surface area contributed by atoms with Crippen molar-refractivity contribution in [1.82, 2.24) is 4.57 Å². The first kappa shape index (κ1) is 13.7. The number of ether oxygens (including phenoxy) is 1. The van der Waals surface area contributed by atoms with Crippen molar-refractivity contribution in [3.63, 3.8) is 0 Å². The highest BCUT2D eigenvalue weighted by molar-refractivity contribution is 5.83. The van der Waals surface area contributed by atoms with Gasteiger partial charge in [-0.3, -0.25) is 4.57 Å². The summed E-state index contributed by atoms with van der Waals surface area (Å²) >= 11 is 0. The Morgan fingerprint density at radius 2 is 1.87 bits per heavy atom. The number of nitrogens with zero attached hydrogens (tertiary/aromatic N) is 1. The number of rotatable bonds is 3. The summed E-state index contributed by atoms with van der Waals surface area (Å²) in [5.41, 5.74) is 2.12. The zero-order valence-corrected chi connectivity index (χ0v) is 12.3. The number of carbonyl (C=O) groups is 1. The Morgan fingerprint density at radius 3 is 2.48 bits per heavy atom. The third-order valence-corrected chi connectivity index (χ3v) is 4.48. The molecule has 0 aliphatic heterocycles. The van der Waals surface area contributed by atoms with Crippen LogP contribution in [0.25, 0.3) is 5.69 Å². The molecule has 5 nitrogen and oxygen atoms in total. The van der Waals surface area contributed by atoms with Crippen LogP contribution in [-0.4, -0.2) is 20.7 Å². The maximum atomic E-state index is 11.3. The molecular weight excluding hydrogens is 294 g/mol. The molecule has 2 aliphatic carbocycles. The van der Waals surface area contributed by atoms with Gasteiger partial charge in [0.25, 0.3) is 0 Å². The van der Waals surface area contributed by atoms with Crippen LogP contribution in [0.4, 0.5) is 0 Å². The van der Waals surface area contributed by atoms with E-state index in [0.717, 1.165) is 23.6 Å². The van der Waals surface area contributed by atoms with E-state index >= 15 is 0 Å². The van der Waals surface area contributed by atoms with E-state index in [1.807, 2.05) is 0 Å². The van der Waals surface area contributed by atoms with Crippen molar-refractivity contribution >= 4 is 5.97 Å². The van der Waals surface area contributed by atoms with Crippen molar-refractivity contribution in [1.29, 1.82) is 0 Å². The summed E-state index contributed by atoms with van der Waals surface area (Å²) in [6.07, 6.45) is 6.12. The lowest BCUT2D eigenvalue weighted by Gasteiger charge is -2.11. The molecule has 0 amide bonds. The van der Waals surface area contributed by atoms with Crippen LogP contribution in [0.3, 0.4) is 0 Å². The van der Waals surface area contributed by atoms with Crippen LogP contribution in [-0.2, 0) is 4.79 Å². The predicted octanol–water partition coefficient (Wildman–Crippen LogP) is 3.12. The molecule has 2 bridgehead atoms. The quantitative estimate of drug-likeness (QED) is 0.395. The first-order chi connectivity index (χ1) is 11.1. The highest BCUT2D eigenvalue weighted by Crippen LogP contribution is 2.57. The zero-order chi connectivity index (χ0) is 16.1. The van der Waals surface area contributed by atoms with E-state index < -0.39 is 5.97 Å². The standard InChI is InChI=1S/C18H15NO4/c1-2-14(20)23-13-5-3-4-12(9-13)19-17(21)15-10-6-7-11(8-10)16(15)18(19)22/h2-7,9-11,21-22H,1,8H2. The number of fused-ring (bicyclic) bond motifs is 5. The van der Waals surface area contributed by atoms with E-state index in [1.54, 1.807) is 24.3 Å². The summed E-state index contributed by atoms with van der Waals surface area (Å²) in [5, 5.41) is 21.1. The SMILES string of the molecule is C=CC(=O)Oc1cccc(-n2c(O)c3c(c2O)C2C=CC3C2)c1. The molecule has 116 valence electrons.